The summed E-state index contributed by atoms with van der Waals surface area (Å²) >= 11 is 0. The molecule has 0 unspecified atom stereocenters. The van der Waals surface area contributed by atoms with Gasteiger partial charge in [-0.1, -0.05) is 18.2 Å². The second-order valence-electron chi connectivity index (χ2n) is 5.19. The largest absolute Gasteiger partial charge is 0.334 e. The molecule has 0 aliphatic rings. The molecule has 3 aromatic heterocycles. The number of benzene rings is 1. The van der Waals surface area contributed by atoms with Crippen LogP contribution in [-0.2, 0) is 10.0 Å². The van der Waals surface area contributed by atoms with Gasteiger partial charge in [-0.05, 0) is 24.3 Å². The van der Waals surface area contributed by atoms with Gasteiger partial charge in [0.25, 0.3) is 10.0 Å². The Kier molecular flexibility index (Phi) is 3.31. The van der Waals surface area contributed by atoms with Gasteiger partial charge in [-0.25, -0.2) is 9.97 Å². The van der Waals surface area contributed by atoms with Crippen LogP contribution in [0.25, 0.3) is 16.9 Å². The van der Waals surface area contributed by atoms with Gasteiger partial charge in [0, 0.05) is 23.6 Å². The average molecular weight is 339 g/mol. The second kappa shape index (κ2) is 5.50. The molecule has 4 rings (SSSR count). The Morgan fingerprint density at radius 2 is 2.04 bits per heavy atom. The number of pyridine rings is 1. The van der Waals surface area contributed by atoms with E-state index in [2.05, 4.69) is 19.7 Å². The van der Waals surface area contributed by atoms with Crippen molar-refractivity contribution < 1.29 is 8.42 Å². The Morgan fingerprint density at radius 1 is 1.12 bits per heavy atom. The maximum atomic E-state index is 12.2. The van der Waals surface area contributed by atoms with Crippen LogP contribution in [0.2, 0.25) is 0 Å². The van der Waals surface area contributed by atoms with Crippen molar-refractivity contribution in [3.8, 4) is 11.3 Å². The van der Waals surface area contributed by atoms with E-state index < -0.39 is 10.0 Å². The van der Waals surface area contributed by atoms with Crippen LogP contribution >= 0.6 is 0 Å². The van der Waals surface area contributed by atoms with Gasteiger partial charge in [0.15, 0.2) is 5.03 Å². The van der Waals surface area contributed by atoms with Gasteiger partial charge in [0.2, 0.25) is 0 Å². The first-order chi connectivity index (χ1) is 11.6. The molecule has 1 aromatic carbocycles. The van der Waals surface area contributed by atoms with E-state index in [0.717, 1.165) is 16.9 Å². The third kappa shape index (κ3) is 2.63. The third-order valence-corrected chi connectivity index (χ3v) is 4.84. The molecule has 0 radical (unpaired) electrons. The Morgan fingerprint density at radius 3 is 2.83 bits per heavy atom. The van der Waals surface area contributed by atoms with E-state index in [1.807, 2.05) is 41.1 Å². The fraction of sp³-hybridized carbons (Fsp3) is 0. The van der Waals surface area contributed by atoms with Crippen LogP contribution in [-0.4, -0.2) is 27.8 Å². The predicted molar refractivity (Wildman–Crippen MR) is 90.0 cm³/mol. The molecule has 0 amide bonds. The molecule has 0 saturated heterocycles. The van der Waals surface area contributed by atoms with Crippen LogP contribution in [0.15, 0.2) is 72.4 Å². The molecular weight excluding hydrogens is 326 g/mol. The lowest BCUT2D eigenvalue weighted by Gasteiger charge is -2.07. The molecule has 24 heavy (non-hydrogen) atoms. The van der Waals surface area contributed by atoms with E-state index >= 15 is 0 Å². The van der Waals surface area contributed by atoms with Crippen molar-refractivity contribution in [2.24, 2.45) is 0 Å². The zero-order chi connectivity index (χ0) is 16.6. The van der Waals surface area contributed by atoms with Gasteiger partial charge < -0.3 is 9.38 Å². The number of hydrogen-bond acceptors (Lipinski definition) is 4. The van der Waals surface area contributed by atoms with Crippen molar-refractivity contribution in [1.82, 2.24) is 19.4 Å². The Bertz CT molecular complexity index is 1070. The Balaban J connectivity index is 1.69. The van der Waals surface area contributed by atoms with E-state index in [4.69, 9.17) is 0 Å². The maximum Gasteiger partial charge on any atom is 0.278 e. The molecule has 7 nitrogen and oxygen atoms in total. The summed E-state index contributed by atoms with van der Waals surface area (Å²) in [6.45, 7) is 0. The number of fused-ring (bicyclic) bond motifs is 1. The molecule has 4 aromatic rings. The first-order valence-corrected chi connectivity index (χ1v) is 8.65. The van der Waals surface area contributed by atoms with Crippen LogP contribution in [0.3, 0.4) is 0 Å². The number of rotatable bonds is 4. The fourth-order valence-corrected chi connectivity index (χ4v) is 3.37. The SMILES string of the molecule is O=S(=O)(Nc1cccc(-c2cn3ccccc3n2)c1)c1cnc[nH]1. The summed E-state index contributed by atoms with van der Waals surface area (Å²) in [6.07, 6.45) is 6.39. The third-order valence-electron chi connectivity index (χ3n) is 3.54. The number of anilines is 1. The number of imidazole rings is 2. The predicted octanol–water partition coefficient (Wildman–Crippen LogP) is 2.53. The minimum absolute atomic E-state index is 0.0145. The molecule has 0 saturated carbocycles. The molecule has 0 spiro atoms. The molecule has 120 valence electrons. The number of H-pyrrole nitrogens is 1. The summed E-state index contributed by atoms with van der Waals surface area (Å²) in [4.78, 5) is 10.9. The second-order valence-corrected chi connectivity index (χ2v) is 6.85. The van der Waals surface area contributed by atoms with Crippen molar-refractivity contribution in [3.63, 3.8) is 0 Å². The van der Waals surface area contributed by atoms with E-state index in [1.165, 1.54) is 12.5 Å². The van der Waals surface area contributed by atoms with Gasteiger partial charge in [-0.15, -0.1) is 0 Å². The van der Waals surface area contributed by atoms with Crippen molar-refractivity contribution in [2.75, 3.05) is 4.72 Å². The zero-order valence-corrected chi connectivity index (χ0v) is 13.2. The van der Waals surface area contributed by atoms with E-state index in [1.54, 1.807) is 18.2 Å². The Labute approximate surface area is 138 Å². The molecule has 0 aliphatic heterocycles. The van der Waals surface area contributed by atoms with Crippen LogP contribution in [0.5, 0.6) is 0 Å². The molecule has 2 N–H and O–H groups in total. The number of nitrogens with one attached hydrogen (secondary N) is 2. The van der Waals surface area contributed by atoms with Crippen LogP contribution < -0.4 is 4.72 Å². The molecule has 8 heteroatoms. The average Bonchev–Trinajstić information content (AvgIpc) is 3.24. The highest BCUT2D eigenvalue weighted by Crippen LogP contribution is 2.23. The first kappa shape index (κ1) is 14.5. The molecule has 0 aliphatic carbocycles. The van der Waals surface area contributed by atoms with Crippen LogP contribution in [0.1, 0.15) is 0 Å². The van der Waals surface area contributed by atoms with Crippen molar-refractivity contribution >= 4 is 21.4 Å². The highest BCUT2D eigenvalue weighted by molar-refractivity contribution is 7.92. The molecule has 0 fully saturated rings. The first-order valence-electron chi connectivity index (χ1n) is 7.17. The lowest BCUT2D eigenvalue weighted by Crippen LogP contribution is -2.13. The van der Waals surface area contributed by atoms with Crippen molar-refractivity contribution in [1.29, 1.82) is 0 Å². The molecule has 3 heterocycles. The number of nitrogens with zero attached hydrogens (tertiary/aromatic N) is 3. The summed E-state index contributed by atoms with van der Waals surface area (Å²) in [6, 6.07) is 12.9. The summed E-state index contributed by atoms with van der Waals surface area (Å²) in [7, 11) is -3.69. The van der Waals surface area contributed by atoms with Crippen LogP contribution in [0, 0.1) is 0 Å². The number of aromatic amines is 1. The lowest BCUT2D eigenvalue weighted by atomic mass is 10.1. The fourth-order valence-electron chi connectivity index (χ4n) is 2.42. The summed E-state index contributed by atoms with van der Waals surface area (Å²) in [5, 5.41) is 0.0145. The minimum Gasteiger partial charge on any atom is -0.334 e. The monoisotopic (exact) mass is 339 g/mol. The zero-order valence-electron chi connectivity index (χ0n) is 12.4. The number of sulfonamides is 1. The highest BCUT2D eigenvalue weighted by Gasteiger charge is 2.16. The van der Waals surface area contributed by atoms with Gasteiger partial charge in [0.05, 0.1) is 18.2 Å². The van der Waals surface area contributed by atoms with E-state index in [-0.39, 0.29) is 5.03 Å². The Hall–Kier alpha value is -3.13. The summed E-state index contributed by atoms with van der Waals surface area (Å²) in [5.74, 6) is 0. The van der Waals surface area contributed by atoms with E-state index in [9.17, 15) is 8.42 Å². The van der Waals surface area contributed by atoms with E-state index in [0.29, 0.717) is 5.69 Å². The number of hydrogen-bond donors (Lipinski definition) is 2. The standard InChI is InChI=1S/C16H13N5O2S/c22-24(23,16-9-17-11-18-16)20-13-5-3-4-12(8-13)14-10-21-7-2-1-6-15(21)19-14/h1-11,20H,(H,17,18). The molecular formula is C16H13N5O2S. The van der Waals surface area contributed by atoms with Gasteiger partial charge in [-0.2, -0.15) is 8.42 Å². The van der Waals surface area contributed by atoms with Crippen LogP contribution in [0.4, 0.5) is 5.69 Å². The lowest BCUT2D eigenvalue weighted by molar-refractivity contribution is 0.598. The summed E-state index contributed by atoms with van der Waals surface area (Å²) in [5.41, 5.74) is 2.88. The minimum atomic E-state index is -3.69. The smallest absolute Gasteiger partial charge is 0.278 e. The molecule has 0 bridgehead atoms. The summed E-state index contributed by atoms with van der Waals surface area (Å²) < 4.78 is 28.9. The van der Waals surface area contributed by atoms with Gasteiger partial charge >= 0.3 is 0 Å². The highest BCUT2D eigenvalue weighted by atomic mass is 32.2. The van der Waals surface area contributed by atoms with Gasteiger partial charge in [-0.3, -0.25) is 4.72 Å². The maximum absolute atomic E-state index is 12.2. The normalized spacial score (nSPS) is 11.7. The van der Waals surface area contributed by atoms with Gasteiger partial charge in [0.1, 0.15) is 5.65 Å². The number of aromatic nitrogens is 4. The van der Waals surface area contributed by atoms with Crippen molar-refractivity contribution in [2.45, 2.75) is 5.03 Å². The quantitative estimate of drug-likeness (QED) is 0.597. The van der Waals surface area contributed by atoms with Crippen molar-refractivity contribution in [3.05, 3.63) is 67.4 Å². The topological polar surface area (TPSA) is 92.2 Å². The molecule has 0 atom stereocenters.